The molecular weight excluding hydrogens is 668 g/mol. The first-order chi connectivity index (χ1) is 24.4. The van der Waals surface area contributed by atoms with Gasteiger partial charge in [-0.15, -0.1) is 0 Å². The second kappa shape index (κ2) is 10.6. The minimum Gasteiger partial charge on any atom is -0.508 e. The molecule has 3 fully saturated rings. The lowest BCUT2D eigenvalue weighted by Gasteiger charge is -2.62. The number of aliphatic hydroxyl groups is 1. The fraction of sp³-hybridized carbons (Fsp3) is 0.390. The van der Waals surface area contributed by atoms with Gasteiger partial charge in [-0.3, -0.25) is 14.4 Å². The van der Waals surface area contributed by atoms with Crippen LogP contribution in [0, 0.1) is 27.6 Å². The zero-order chi connectivity index (χ0) is 37.3. The summed E-state index contributed by atoms with van der Waals surface area (Å²) < 4.78 is 17.3. The van der Waals surface area contributed by atoms with E-state index in [1.165, 1.54) is 35.9 Å². The highest BCUT2D eigenvalue weighted by atomic mass is 16.6. The van der Waals surface area contributed by atoms with Crippen LogP contribution in [0.3, 0.4) is 0 Å². The second-order valence-electron chi connectivity index (χ2n) is 16.0. The molecule has 0 amide bonds. The van der Waals surface area contributed by atoms with E-state index in [9.17, 15) is 39.9 Å². The molecule has 2 saturated carbocycles. The van der Waals surface area contributed by atoms with Gasteiger partial charge in [0.25, 0.3) is 0 Å². The van der Waals surface area contributed by atoms with E-state index in [4.69, 9.17) is 13.6 Å². The average Bonchev–Trinajstić information content (AvgIpc) is 3.45. The third-order valence-corrected chi connectivity index (χ3v) is 13.3. The molecule has 5 aliphatic rings. The van der Waals surface area contributed by atoms with E-state index in [1.54, 1.807) is 12.3 Å². The minimum absolute atomic E-state index is 0.00527. The maximum atomic E-state index is 14.0. The van der Waals surface area contributed by atoms with Crippen molar-refractivity contribution in [3.8, 4) is 34.3 Å². The van der Waals surface area contributed by atoms with Gasteiger partial charge in [0.15, 0.2) is 28.8 Å². The number of epoxide rings is 1. The molecule has 11 heteroatoms. The number of phenols is 3. The summed E-state index contributed by atoms with van der Waals surface area (Å²) in [6, 6.07) is 9.67. The van der Waals surface area contributed by atoms with E-state index < -0.39 is 38.8 Å². The summed E-state index contributed by atoms with van der Waals surface area (Å²) in [6.07, 6.45) is 9.76. The van der Waals surface area contributed by atoms with E-state index >= 15 is 0 Å². The quantitative estimate of drug-likeness (QED) is 0.105. The third kappa shape index (κ3) is 4.08. The number of hydrogen-bond donors (Lipinski definition) is 5. The number of ether oxygens (including phenoxy) is 1. The Labute approximate surface area is 298 Å². The van der Waals surface area contributed by atoms with Crippen molar-refractivity contribution in [3.63, 3.8) is 0 Å². The Bertz CT molecular complexity index is 2330. The fourth-order valence-corrected chi connectivity index (χ4v) is 10.8. The van der Waals surface area contributed by atoms with Crippen molar-refractivity contribution in [2.75, 3.05) is 0 Å². The fourth-order valence-electron chi connectivity index (χ4n) is 10.8. The second-order valence-corrected chi connectivity index (χ2v) is 16.0. The molecule has 1 spiro atoms. The van der Waals surface area contributed by atoms with Gasteiger partial charge in [0.2, 0.25) is 17.0 Å². The van der Waals surface area contributed by atoms with Crippen LogP contribution in [0.1, 0.15) is 65.4 Å². The van der Waals surface area contributed by atoms with Gasteiger partial charge in [-0.05, 0) is 105 Å². The molecule has 7 unspecified atom stereocenters. The molecule has 5 N–H and O–H groups in total. The molecule has 1 aliphatic heterocycles. The molecule has 0 radical (unpaired) electrons. The molecule has 2 aromatic heterocycles. The van der Waals surface area contributed by atoms with Crippen LogP contribution in [0.15, 0.2) is 92.1 Å². The number of carbonyl (C=O) groups is 2. The lowest BCUT2D eigenvalue weighted by Crippen LogP contribution is -2.66. The molecule has 4 aliphatic carbocycles. The van der Waals surface area contributed by atoms with Gasteiger partial charge >= 0.3 is 0 Å². The number of hydrogen-bond acceptors (Lipinski definition) is 11. The highest BCUT2D eigenvalue weighted by Gasteiger charge is 2.87. The topological polar surface area (TPSA) is 191 Å². The number of ketones is 2. The molecule has 7 atom stereocenters. The van der Waals surface area contributed by atoms with Gasteiger partial charge < -0.3 is 39.1 Å². The molecule has 1 saturated heterocycles. The summed E-state index contributed by atoms with van der Waals surface area (Å²) in [5.74, 6) is -1.92. The van der Waals surface area contributed by atoms with E-state index in [2.05, 4.69) is 13.8 Å². The monoisotopic (exact) mass is 708 g/mol. The lowest BCUT2D eigenvalue weighted by molar-refractivity contribution is -0.162. The van der Waals surface area contributed by atoms with Crippen LogP contribution in [-0.2, 0) is 14.3 Å². The number of phenolic OH excluding ortho intramolecular Hbond substituents is 3. The Morgan fingerprint density at radius 1 is 0.865 bits per heavy atom. The summed E-state index contributed by atoms with van der Waals surface area (Å²) in [7, 11) is 0. The van der Waals surface area contributed by atoms with Gasteiger partial charge in [0, 0.05) is 22.5 Å². The van der Waals surface area contributed by atoms with Gasteiger partial charge in [-0.1, -0.05) is 19.9 Å². The predicted molar refractivity (Wildman–Crippen MR) is 188 cm³/mol. The number of benzene rings is 2. The molecule has 0 bridgehead atoms. The Morgan fingerprint density at radius 2 is 1.62 bits per heavy atom. The van der Waals surface area contributed by atoms with Crippen LogP contribution in [0.5, 0.6) is 23.0 Å². The summed E-state index contributed by atoms with van der Waals surface area (Å²) in [4.78, 5) is 38.8. The lowest BCUT2D eigenvalue weighted by atomic mass is 9.39. The molecular formula is C41H40O11. The Hall–Kier alpha value is -5.29. The van der Waals surface area contributed by atoms with E-state index in [1.807, 2.05) is 39.2 Å². The van der Waals surface area contributed by atoms with Crippen LogP contribution in [0.25, 0.3) is 22.3 Å². The smallest absolute Gasteiger partial charge is 0.235 e. The number of fused-ring (bicyclic) bond motifs is 4. The molecule has 3 heterocycles. The van der Waals surface area contributed by atoms with Gasteiger partial charge in [0.05, 0.1) is 34.8 Å². The number of carbonyl (C=O) groups excluding carboxylic acids is 2. The average molecular weight is 709 g/mol. The first-order valence-electron chi connectivity index (χ1n) is 17.4. The van der Waals surface area contributed by atoms with Crippen molar-refractivity contribution in [3.05, 3.63) is 94.3 Å². The van der Waals surface area contributed by atoms with Crippen LogP contribution in [0.2, 0.25) is 0 Å². The van der Waals surface area contributed by atoms with Crippen molar-refractivity contribution in [1.29, 1.82) is 0 Å². The number of furan rings is 1. The summed E-state index contributed by atoms with van der Waals surface area (Å²) in [5.41, 5.74) is -1.74. The minimum atomic E-state index is -0.901. The number of allylic oxidation sites excluding steroid dienone is 4. The van der Waals surface area contributed by atoms with Crippen molar-refractivity contribution in [2.24, 2.45) is 27.6 Å². The highest BCUT2D eigenvalue weighted by Crippen LogP contribution is 2.81. The van der Waals surface area contributed by atoms with Crippen molar-refractivity contribution >= 4 is 22.5 Å². The summed E-state index contributed by atoms with van der Waals surface area (Å²) >= 11 is 0. The Morgan fingerprint density at radius 3 is 2.31 bits per heavy atom. The van der Waals surface area contributed by atoms with Crippen LogP contribution in [-0.4, -0.2) is 48.8 Å². The summed E-state index contributed by atoms with van der Waals surface area (Å²) in [5, 5.41) is 49.7. The standard InChI is InChI=1S/C26H30O5.C15H10O6/c1-22(2)17(27)7-9-23(3)16-6-10-24(4)15(14-8-11-30-13-14)12-18-26(24,31-18)25(16,5)21(29)19(28)20(22)23;16-8-2-3-9-12(6-8)21-15(14(20)13(9)19)7-1-4-10(17)11(18)5-7/h7-9,11,13,15-16,18,28H,6,10,12H2,1-5H3;1-6,16-18,20H. The van der Waals surface area contributed by atoms with Crippen LogP contribution in [0.4, 0.5) is 0 Å². The van der Waals surface area contributed by atoms with Gasteiger partial charge in [0.1, 0.15) is 16.9 Å². The zero-order valence-electron chi connectivity index (χ0n) is 29.4. The maximum absolute atomic E-state index is 14.0. The molecule has 4 aromatic rings. The van der Waals surface area contributed by atoms with Crippen molar-refractivity contribution in [2.45, 2.75) is 71.5 Å². The van der Waals surface area contributed by atoms with Crippen molar-refractivity contribution in [1.82, 2.24) is 0 Å². The highest BCUT2D eigenvalue weighted by molar-refractivity contribution is 6.06. The molecule has 9 rings (SSSR count). The normalized spacial score (nSPS) is 33.8. The summed E-state index contributed by atoms with van der Waals surface area (Å²) in [6.45, 7) is 10.0. The number of Topliss-reactive ketones (excluding diaryl/α,β-unsaturated/α-hetero) is 1. The first kappa shape index (κ1) is 33.8. The van der Waals surface area contributed by atoms with Gasteiger partial charge in [-0.2, -0.15) is 0 Å². The number of aromatic hydroxyl groups is 4. The molecule has 11 nitrogen and oxygen atoms in total. The number of rotatable bonds is 2. The zero-order valence-corrected chi connectivity index (χ0v) is 29.4. The maximum Gasteiger partial charge on any atom is 0.235 e. The first-order valence-corrected chi connectivity index (χ1v) is 17.4. The molecule has 270 valence electrons. The van der Waals surface area contributed by atoms with E-state index in [0.29, 0.717) is 5.57 Å². The van der Waals surface area contributed by atoms with Crippen LogP contribution < -0.4 is 5.43 Å². The SMILES string of the molecule is CC1(C)C(=O)C=CC2(C)C1=C(O)C(=O)C1(C)C2CCC2(C)C(c3ccoc3)CC3OC321.O=c1c(O)c(-c2ccc(O)c(O)c2)oc2cc(O)ccc12. The molecule has 52 heavy (non-hydrogen) atoms. The Kier molecular flexibility index (Phi) is 6.92. The van der Waals surface area contributed by atoms with Crippen molar-refractivity contribution < 1.29 is 48.7 Å². The van der Waals surface area contributed by atoms with Crippen LogP contribution >= 0.6 is 0 Å². The predicted octanol–water partition coefficient (Wildman–Crippen LogP) is 7.18. The third-order valence-electron chi connectivity index (χ3n) is 13.3. The van der Waals surface area contributed by atoms with Gasteiger partial charge in [-0.25, -0.2) is 0 Å². The largest absolute Gasteiger partial charge is 0.508 e. The number of aliphatic hydroxyl groups excluding tert-OH is 1. The van der Waals surface area contributed by atoms with E-state index in [0.717, 1.165) is 25.3 Å². The molecule has 2 aromatic carbocycles. The van der Waals surface area contributed by atoms with E-state index in [-0.39, 0.29) is 74.5 Å². The Balaban J connectivity index is 0.000000161.